The Balaban J connectivity index is 1.90. The Morgan fingerprint density at radius 2 is 1.32 bits per heavy atom. The largest absolute Gasteiger partial charge is 0.271 e. The average Bonchev–Trinajstić information content (AvgIpc) is 2.61. The Kier molecular flexibility index (Phi) is 8.71. The SMILES string of the molecule is CC(C)c1ccc(C(=O)NN=C2CCCCCCCCCCC2)cc1. The van der Waals surface area contributed by atoms with Gasteiger partial charge in [0.25, 0.3) is 5.91 Å². The van der Waals surface area contributed by atoms with E-state index in [0.29, 0.717) is 11.5 Å². The zero-order valence-corrected chi connectivity index (χ0v) is 16.0. The van der Waals surface area contributed by atoms with Gasteiger partial charge in [0.05, 0.1) is 0 Å². The van der Waals surface area contributed by atoms with Crippen molar-refractivity contribution in [3.63, 3.8) is 0 Å². The second kappa shape index (κ2) is 11.1. The lowest BCUT2D eigenvalue weighted by Crippen LogP contribution is -2.20. The molecule has 1 fully saturated rings. The van der Waals surface area contributed by atoms with Crippen molar-refractivity contribution in [2.45, 2.75) is 90.4 Å². The average molecular weight is 343 g/mol. The second-order valence-corrected chi connectivity index (χ2v) is 7.58. The minimum absolute atomic E-state index is 0.103. The van der Waals surface area contributed by atoms with Crippen molar-refractivity contribution in [2.75, 3.05) is 0 Å². The van der Waals surface area contributed by atoms with E-state index in [2.05, 4.69) is 24.4 Å². The monoisotopic (exact) mass is 342 g/mol. The molecule has 1 N–H and O–H groups in total. The van der Waals surface area contributed by atoms with Crippen LogP contribution >= 0.6 is 0 Å². The van der Waals surface area contributed by atoms with E-state index in [1.165, 1.54) is 63.4 Å². The molecule has 25 heavy (non-hydrogen) atoms. The van der Waals surface area contributed by atoms with Crippen LogP contribution in [0.3, 0.4) is 0 Å². The van der Waals surface area contributed by atoms with Gasteiger partial charge in [0.15, 0.2) is 0 Å². The van der Waals surface area contributed by atoms with Gasteiger partial charge in [-0.05, 0) is 49.3 Å². The number of rotatable bonds is 3. The summed E-state index contributed by atoms with van der Waals surface area (Å²) in [5, 5.41) is 4.46. The van der Waals surface area contributed by atoms with Crippen LogP contribution in [0.5, 0.6) is 0 Å². The first-order chi connectivity index (χ1) is 12.2. The molecule has 138 valence electrons. The molecule has 0 radical (unpaired) electrons. The van der Waals surface area contributed by atoms with Gasteiger partial charge in [0.1, 0.15) is 0 Å². The maximum Gasteiger partial charge on any atom is 0.271 e. The molecule has 0 atom stereocenters. The summed E-state index contributed by atoms with van der Waals surface area (Å²) in [7, 11) is 0. The summed E-state index contributed by atoms with van der Waals surface area (Å²) < 4.78 is 0. The van der Waals surface area contributed by atoms with Crippen molar-refractivity contribution in [3.8, 4) is 0 Å². The Hall–Kier alpha value is -1.64. The van der Waals surface area contributed by atoms with Gasteiger partial charge in [0, 0.05) is 11.3 Å². The van der Waals surface area contributed by atoms with Crippen LogP contribution in [0.4, 0.5) is 0 Å². The molecule has 1 aliphatic carbocycles. The lowest BCUT2D eigenvalue weighted by molar-refractivity contribution is 0.0954. The first kappa shape index (κ1) is 19.7. The van der Waals surface area contributed by atoms with E-state index in [9.17, 15) is 4.79 Å². The van der Waals surface area contributed by atoms with Gasteiger partial charge in [-0.3, -0.25) is 4.79 Å². The van der Waals surface area contributed by atoms with Gasteiger partial charge in [-0.15, -0.1) is 0 Å². The highest BCUT2D eigenvalue weighted by Gasteiger charge is 2.08. The summed E-state index contributed by atoms with van der Waals surface area (Å²) >= 11 is 0. The standard InChI is InChI=1S/C22H34N2O/c1-18(2)19-14-16-20(17-15-19)22(25)24-23-21-12-10-8-6-4-3-5-7-9-11-13-21/h14-18H,3-13H2,1-2H3,(H,24,25). The summed E-state index contributed by atoms with van der Waals surface area (Å²) in [6, 6.07) is 7.85. The van der Waals surface area contributed by atoms with Gasteiger partial charge in [-0.2, -0.15) is 5.10 Å². The fourth-order valence-corrected chi connectivity index (χ4v) is 3.35. The fourth-order valence-electron chi connectivity index (χ4n) is 3.35. The molecule has 0 aromatic heterocycles. The third-order valence-corrected chi connectivity index (χ3v) is 5.09. The molecule has 0 bridgehead atoms. The highest BCUT2D eigenvalue weighted by atomic mass is 16.2. The second-order valence-electron chi connectivity index (χ2n) is 7.58. The maximum absolute atomic E-state index is 12.3. The van der Waals surface area contributed by atoms with E-state index in [4.69, 9.17) is 0 Å². The molecule has 1 aliphatic rings. The van der Waals surface area contributed by atoms with Crippen LogP contribution in [0.25, 0.3) is 0 Å². The number of carbonyl (C=O) groups is 1. The number of amides is 1. The highest BCUT2D eigenvalue weighted by molar-refractivity contribution is 5.95. The zero-order valence-electron chi connectivity index (χ0n) is 16.0. The number of benzene rings is 1. The summed E-state index contributed by atoms with van der Waals surface area (Å²) in [4.78, 5) is 12.3. The van der Waals surface area contributed by atoms with Crippen molar-refractivity contribution < 1.29 is 4.79 Å². The van der Waals surface area contributed by atoms with Crippen LogP contribution in [-0.2, 0) is 0 Å². The first-order valence-corrected chi connectivity index (χ1v) is 10.1. The van der Waals surface area contributed by atoms with Crippen LogP contribution < -0.4 is 5.43 Å². The number of carbonyl (C=O) groups excluding carboxylic acids is 1. The van der Waals surface area contributed by atoms with Crippen LogP contribution in [0, 0.1) is 0 Å². The van der Waals surface area contributed by atoms with Gasteiger partial charge in [0.2, 0.25) is 0 Å². The number of hydrazone groups is 1. The molecule has 1 amide bonds. The van der Waals surface area contributed by atoms with Crippen molar-refractivity contribution in [3.05, 3.63) is 35.4 Å². The van der Waals surface area contributed by atoms with E-state index in [0.717, 1.165) is 18.6 Å². The molecule has 0 aliphatic heterocycles. The molecule has 0 unspecified atom stereocenters. The fraction of sp³-hybridized carbons (Fsp3) is 0.636. The Labute approximate surface area is 153 Å². The van der Waals surface area contributed by atoms with Gasteiger partial charge in [-0.25, -0.2) is 5.43 Å². The van der Waals surface area contributed by atoms with E-state index in [1.54, 1.807) is 0 Å². The lowest BCUT2D eigenvalue weighted by Gasteiger charge is -2.10. The Bertz CT molecular complexity index is 532. The summed E-state index contributed by atoms with van der Waals surface area (Å²) in [6.07, 6.45) is 13.8. The minimum Gasteiger partial charge on any atom is -0.267 e. The summed E-state index contributed by atoms with van der Waals surface area (Å²) in [5.41, 5.74) is 5.87. The number of hydrogen-bond donors (Lipinski definition) is 1. The molecule has 1 aromatic carbocycles. The van der Waals surface area contributed by atoms with Gasteiger partial charge < -0.3 is 0 Å². The number of nitrogens with zero attached hydrogens (tertiary/aromatic N) is 1. The normalized spacial score (nSPS) is 17.5. The van der Waals surface area contributed by atoms with Crippen LogP contribution in [0.15, 0.2) is 29.4 Å². The third kappa shape index (κ3) is 7.41. The molecule has 0 saturated heterocycles. The highest BCUT2D eigenvalue weighted by Crippen LogP contribution is 2.16. The molecule has 2 rings (SSSR count). The number of nitrogens with one attached hydrogen (secondary N) is 1. The topological polar surface area (TPSA) is 41.5 Å². The van der Waals surface area contributed by atoms with Crippen molar-refractivity contribution in [2.24, 2.45) is 5.10 Å². The summed E-state index contributed by atoms with van der Waals surface area (Å²) in [6.45, 7) is 4.31. The van der Waals surface area contributed by atoms with Crippen molar-refractivity contribution >= 4 is 11.6 Å². The van der Waals surface area contributed by atoms with Gasteiger partial charge >= 0.3 is 0 Å². The quantitative estimate of drug-likeness (QED) is 0.653. The Morgan fingerprint density at radius 1 is 0.840 bits per heavy atom. The van der Waals surface area contributed by atoms with Crippen LogP contribution in [-0.4, -0.2) is 11.6 Å². The predicted octanol–water partition coefficient (Wildman–Crippen LogP) is 6.20. The van der Waals surface area contributed by atoms with Crippen LogP contribution in [0.2, 0.25) is 0 Å². The first-order valence-electron chi connectivity index (χ1n) is 10.1. The minimum atomic E-state index is -0.103. The zero-order chi connectivity index (χ0) is 17.9. The van der Waals surface area contributed by atoms with Crippen LogP contribution in [0.1, 0.15) is 106 Å². The Morgan fingerprint density at radius 3 is 1.80 bits per heavy atom. The molecule has 0 heterocycles. The molecule has 3 nitrogen and oxygen atoms in total. The van der Waals surface area contributed by atoms with Crippen molar-refractivity contribution in [1.29, 1.82) is 0 Å². The summed E-state index contributed by atoms with van der Waals surface area (Å²) in [5.74, 6) is 0.377. The number of hydrogen-bond acceptors (Lipinski definition) is 2. The van der Waals surface area contributed by atoms with Crippen molar-refractivity contribution in [1.82, 2.24) is 5.43 Å². The molecular formula is C22H34N2O. The molecule has 3 heteroatoms. The lowest BCUT2D eigenvalue weighted by atomic mass is 10.00. The van der Waals surface area contributed by atoms with E-state index < -0.39 is 0 Å². The molecule has 0 spiro atoms. The molecular weight excluding hydrogens is 308 g/mol. The van der Waals surface area contributed by atoms with Gasteiger partial charge in [-0.1, -0.05) is 70.9 Å². The molecule has 1 saturated carbocycles. The smallest absolute Gasteiger partial charge is 0.267 e. The van der Waals surface area contributed by atoms with E-state index in [1.807, 2.05) is 24.3 Å². The van der Waals surface area contributed by atoms with E-state index >= 15 is 0 Å². The molecule has 1 aromatic rings. The van der Waals surface area contributed by atoms with E-state index in [-0.39, 0.29) is 5.91 Å². The third-order valence-electron chi connectivity index (χ3n) is 5.09. The maximum atomic E-state index is 12.3. The predicted molar refractivity (Wildman–Crippen MR) is 106 cm³/mol.